The fourth-order valence-corrected chi connectivity index (χ4v) is 2.63. The monoisotopic (exact) mass is 320 g/mol. The molecule has 0 aliphatic heterocycles. The molecule has 0 aliphatic carbocycles. The minimum Gasteiger partial charge on any atom is -0.289 e. The van der Waals surface area contributed by atoms with Crippen LogP contribution in [0.5, 0.6) is 0 Å². The summed E-state index contributed by atoms with van der Waals surface area (Å²) in [6.07, 6.45) is 0. The topological polar surface area (TPSA) is 128 Å². The van der Waals surface area contributed by atoms with E-state index in [0.29, 0.717) is 0 Å². The highest BCUT2D eigenvalue weighted by molar-refractivity contribution is 5.96. The maximum absolute atomic E-state index is 12.5. The zero-order chi connectivity index (χ0) is 17.2. The summed E-state index contributed by atoms with van der Waals surface area (Å²) in [5.74, 6) is 0. The van der Waals surface area contributed by atoms with E-state index in [1.807, 2.05) is 0 Å². The molecule has 0 aliphatic rings. The van der Waals surface area contributed by atoms with Crippen LogP contribution in [0.25, 0.3) is 32.8 Å². The van der Waals surface area contributed by atoms with Gasteiger partial charge in [0.2, 0.25) is 21.7 Å². The molecule has 0 saturated heterocycles. The molecule has 0 spiro atoms. The summed E-state index contributed by atoms with van der Waals surface area (Å²) in [4.78, 5) is 79.4. The molecule has 3 aromatic carbocycles. The van der Waals surface area contributed by atoms with Gasteiger partial charge in [0, 0.05) is 12.1 Å². The van der Waals surface area contributed by atoms with Gasteiger partial charge in [-0.2, -0.15) is 0 Å². The summed E-state index contributed by atoms with van der Waals surface area (Å²) in [5, 5.41) is -1.09. The molecule has 1 heterocycles. The lowest BCUT2D eigenvalue weighted by atomic mass is 10.1. The highest BCUT2D eigenvalue weighted by Crippen LogP contribution is 2.10. The van der Waals surface area contributed by atoms with E-state index in [0.717, 1.165) is 24.3 Å². The van der Waals surface area contributed by atoms with Crippen molar-refractivity contribution in [3.63, 3.8) is 0 Å². The van der Waals surface area contributed by atoms with Crippen LogP contribution in [-0.4, -0.2) is 9.97 Å². The normalized spacial score (nSPS) is 11.5. The van der Waals surface area contributed by atoms with Crippen LogP contribution in [0.1, 0.15) is 0 Å². The summed E-state index contributed by atoms with van der Waals surface area (Å²) in [7, 11) is 0. The third kappa shape index (κ3) is 1.67. The van der Waals surface area contributed by atoms with Gasteiger partial charge in [0.05, 0.1) is 21.8 Å². The van der Waals surface area contributed by atoms with Gasteiger partial charge in [0.1, 0.15) is 11.0 Å². The van der Waals surface area contributed by atoms with Crippen molar-refractivity contribution in [1.82, 2.24) is 9.97 Å². The molecule has 4 rings (SSSR count). The van der Waals surface area contributed by atoms with Gasteiger partial charge in [0.25, 0.3) is 0 Å². The first-order valence-corrected chi connectivity index (χ1v) is 6.68. The third-order valence-electron chi connectivity index (χ3n) is 3.74. The van der Waals surface area contributed by atoms with Gasteiger partial charge in [-0.05, 0) is 12.1 Å². The summed E-state index contributed by atoms with van der Waals surface area (Å²) < 4.78 is 0. The zero-order valence-electron chi connectivity index (χ0n) is 11.7. The maximum atomic E-state index is 12.5. The van der Waals surface area contributed by atoms with Gasteiger partial charge >= 0.3 is 0 Å². The van der Waals surface area contributed by atoms with Gasteiger partial charge < -0.3 is 0 Å². The summed E-state index contributed by atoms with van der Waals surface area (Å²) >= 11 is 0. The molecule has 0 radical (unpaired) electrons. The minimum absolute atomic E-state index is 0.0475. The fraction of sp³-hybridized carbons (Fsp3) is 0. The Morgan fingerprint density at radius 1 is 0.542 bits per heavy atom. The van der Waals surface area contributed by atoms with Crippen LogP contribution in [0.4, 0.5) is 0 Å². The van der Waals surface area contributed by atoms with Gasteiger partial charge in [-0.25, -0.2) is 9.97 Å². The van der Waals surface area contributed by atoms with Crippen molar-refractivity contribution in [2.24, 2.45) is 0 Å². The molecule has 0 N–H and O–H groups in total. The average Bonchev–Trinajstić information content (AvgIpc) is 2.54. The fourth-order valence-electron chi connectivity index (χ4n) is 2.63. The van der Waals surface area contributed by atoms with Crippen molar-refractivity contribution in [3.05, 3.63) is 85.6 Å². The van der Waals surface area contributed by atoms with E-state index in [9.17, 15) is 28.8 Å². The highest BCUT2D eigenvalue weighted by Gasteiger charge is 2.18. The van der Waals surface area contributed by atoms with E-state index < -0.39 is 54.4 Å². The van der Waals surface area contributed by atoms with Gasteiger partial charge in [-0.1, -0.05) is 0 Å². The molecular weight excluding hydrogens is 316 g/mol. The summed E-state index contributed by atoms with van der Waals surface area (Å²) in [5.41, 5.74) is -5.95. The number of hydrogen-bond donors (Lipinski definition) is 0. The van der Waals surface area contributed by atoms with Crippen molar-refractivity contribution in [2.45, 2.75) is 0 Å². The standard InChI is InChI=1S/C16H4N2O6/c19-7-1-2-8(20)12-11(7)15(23)13-14(16(12)24)18-6-4-10(22)9(21)3-5(6)17-13/h1-4H. The lowest BCUT2D eigenvalue weighted by molar-refractivity contribution is 1.35. The van der Waals surface area contributed by atoms with Crippen LogP contribution in [0.2, 0.25) is 0 Å². The molecule has 1 aromatic heterocycles. The van der Waals surface area contributed by atoms with Gasteiger partial charge in [-0.3, -0.25) is 28.8 Å². The number of benzene rings is 3. The minimum atomic E-state index is -0.907. The van der Waals surface area contributed by atoms with Crippen molar-refractivity contribution in [2.75, 3.05) is 0 Å². The molecule has 0 atom stereocenters. The predicted octanol–water partition coefficient (Wildman–Crippen LogP) is -1.59. The Bertz CT molecular complexity index is 1400. The van der Waals surface area contributed by atoms with E-state index in [1.54, 1.807) is 0 Å². The molecular formula is C16H4N2O6. The van der Waals surface area contributed by atoms with Crippen molar-refractivity contribution < 1.29 is 0 Å². The van der Waals surface area contributed by atoms with Crippen molar-refractivity contribution in [1.29, 1.82) is 0 Å². The van der Waals surface area contributed by atoms with E-state index in [4.69, 9.17) is 0 Å². The average molecular weight is 320 g/mol. The third-order valence-corrected chi connectivity index (χ3v) is 3.74. The van der Waals surface area contributed by atoms with Crippen LogP contribution in [0.3, 0.4) is 0 Å². The zero-order valence-corrected chi connectivity index (χ0v) is 11.7. The van der Waals surface area contributed by atoms with Crippen LogP contribution in [0, 0.1) is 0 Å². The maximum Gasteiger partial charge on any atom is 0.228 e. The van der Waals surface area contributed by atoms with E-state index in [1.165, 1.54) is 0 Å². The van der Waals surface area contributed by atoms with Crippen molar-refractivity contribution in [3.8, 4) is 0 Å². The van der Waals surface area contributed by atoms with E-state index in [-0.39, 0.29) is 11.0 Å². The molecule has 24 heavy (non-hydrogen) atoms. The van der Waals surface area contributed by atoms with Crippen LogP contribution >= 0.6 is 0 Å². The predicted molar refractivity (Wildman–Crippen MR) is 85.7 cm³/mol. The Balaban J connectivity index is 2.44. The molecule has 8 nitrogen and oxygen atoms in total. The van der Waals surface area contributed by atoms with Gasteiger partial charge in [0.15, 0.2) is 10.9 Å². The molecule has 4 aromatic rings. The van der Waals surface area contributed by atoms with Crippen LogP contribution in [0.15, 0.2) is 53.0 Å². The second-order valence-electron chi connectivity index (χ2n) is 5.18. The Kier molecular flexibility index (Phi) is 2.57. The molecule has 8 heteroatoms. The molecule has 0 unspecified atom stereocenters. The second kappa shape index (κ2) is 4.42. The second-order valence-corrected chi connectivity index (χ2v) is 5.18. The van der Waals surface area contributed by atoms with Crippen molar-refractivity contribution >= 4 is 32.8 Å². The Hall–Kier alpha value is -3.68. The Morgan fingerprint density at radius 2 is 0.917 bits per heavy atom. The molecule has 0 bridgehead atoms. The summed E-state index contributed by atoms with van der Waals surface area (Å²) in [6, 6.07) is 3.62. The largest absolute Gasteiger partial charge is 0.289 e. The lowest BCUT2D eigenvalue weighted by Gasteiger charge is -2.00. The Morgan fingerprint density at radius 3 is 1.29 bits per heavy atom. The molecule has 0 saturated carbocycles. The molecule has 0 fully saturated rings. The summed E-state index contributed by atoms with van der Waals surface area (Å²) in [6.45, 7) is 0. The first-order valence-electron chi connectivity index (χ1n) is 6.68. The van der Waals surface area contributed by atoms with Crippen LogP contribution < -0.4 is 32.6 Å². The number of hydrogen-bond acceptors (Lipinski definition) is 8. The number of aromatic nitrogens is 2. The number of fused-ring (bicyclic) bond motifs is 3. The van der Waals surface area contributed by atoms with Crippen LogP contribution in [-0.2, 0) is 0 Å². The Labute approximate surface area is 129 Å². The quantitative estimate of drug-likeness (QED) is 0.280. The first kappa shape index (κ1) is 13.9. The molecule has 0 amide bonds. The van der Waals surface area contributed by atoms with E-state index >= 15 is 0 Å². The highest BCUT2D eigenvalue weighted by atomic mass is 16.2. The number of nitrogens with zero attached hydrogens (tertiary/aromatic N) is 2. The first-order chi connectivity index (χ1) is 11.4. The van der Waals surface area contributed by atoms with E-state index in [2.05, 4.69) is 9.97 Å². The smallest absolute Gasteiger partial charge is 0.228 e. The lowest BCUT2D eigenvalue weighted by Crippen LogP contribution is -2.27. The van der Waals surface area contributed by atoms with Gasteiger partial charge in [-0.15, -0.1) is 0 Å². The SMILES string of the molecule is O=c1cc2nc3c(=O)c4c(=O)ccc(=O)c4c(=O)c3nc2cc1=O. The molecule has 114 valence electrons. The number of rotatable bonds is 0.